The Kier molecular flexibility index (Phi) is 4.38. The quantitative estimate of drug-likeness (QED) is 0.830. The van der Waals surface area contributed by atoms with Gasteiger partial charge in [0, 0.05) is 36.6 Å². The van der Waals surface area contributed by atoms with Gasteiger partial charge in [0.05, 0.1) is 6.33 Å². The summed E-state index contributed by atoms with van der Waals surface area (Å²) in [6.07, 6.45) is 11.6. The van der Waals surface area contributed by atoms with Gasteiger partial charge in [-0.05, 0) is 31.5 Å². The third kappa shape index (κ3) is 3.46. The van der Waals surface area contributed by atoms with E-state index in [1.165, 1.54) is 5.56 Å². The minimum atomic E-state index is 0.292. The predicted molar refractivity (Wildman–Crippen MR) is 78.0 cm³/mol. The average molecular weight is 253 g/mol. The van der Waals surface area contributed by atoms with Crippen molar-refractivity contribution >= 4 is 0 Å². The molecular weight excluding hydrogens is 234 g/mol. The Hall–Kier alpha value is -2.05. The smallest absolute Gasteiger partial charge is 0.0991 e. The summed E-state index contributed by atoms with van der Waals surface area (Å²) in [6.45, 7) is 4.26. The van der Waals surface area contributed by atoms with Crippen LogP contribution in [0.25, 0.3) is 5.69 Å². The fraction of sp³-hybridized carbons (Fsp3) is 0.312. The van der Waals surface area contributed by atoms with Gasteiger partial charge in [0.2, 0.25) is 0 Å². The van der Waals surface area contributed by atoms with Gasteiger partial charge in [-0.1, -0.05) is 12.1 Å². The highest BCUT2D eigenvalue weighted by molar-refractivity contribution is 5.35. The number of hydrogen-bond acceptors (Lipinski definition) is 2. The van der Waals surface area contributed by atoms with E-state index in [2.05, 4.69) is 54.3 Å². The molecule has 98 valence electrons. The first-order chi connectivity index (χ1) is 9.20. The van der Waals surface area contributed by atoms with Gasteiger partial charge >= 0.3 is 0 Å². The van der Waals surface area contributed by atoms with Crippen LogP contribution in [0.4, 0.5) is 0 Å². The van der Waals surface area contributed by atoms with Crippen LogP contribution in [0.2, 0.25) is 0 Å². The molecule has 0 spiro atoms. The zero-order valence-electron chi connectivity index (χ0n) is 11.4. The van der Waals surface area contributed by atoms with E-state index in [1.54, 1.807) is 12.5 Å². The van der Waals surface area contributed by atoms with E-state index in [-0.39, 0.29) is 0 Å². The predicted octanol–water partition coefficient (Wildman–Crippen LogP) is 2.93. The number of aromatic nitrogens is 2. The van der Waals surface area contributed by atoms with Crippen LogP contribution in [0.5, 0.6) is 0 Å². The van der Waals surface area contributed by atoms with Gasteiger partial charge in [-0.3, -0.25) is 0 Å². The summed E-state index contributed by atoms with van der Waals surface area (Å²) in [6, 6.07) is 9.08. The van der Waals surface area contributed by atoms with Crippen molar-refractivity contribution in [1.82, 2.24) is 14.9 Å². The molecule has 0 radical (unpaired) electrons. The molecule has 1 aromatic carbocycles. The fourth-order valence-corrected chi connectivity index (χ4v) is 2.11. The maximum atomic E-state index is 5.32. The molecule has 0 fully saturated rings. The summed E-state index contributed by atoms with van der Waals surface area (Å²) >= 11 is 0. The summed E-state index contributed by atoms with van der Waals surface area (Å²) in [5, 5.41) is 3.49. The number of nitrogens with one attached hydrogen (secondary N) is 1. The third-order valence-electron chi connectivity index (χ3n) is 3.15. The number of hydrogen-bond donors (Lipinski definition) is 1. The van der Waals surface area contributed by atoms with Gasteiger partial charge in [-0.25, -0.2) is 4.98 Å². The largest absolute Gasteiger partial charge is 0.307 e. The molecule has 2 unspecified atom stereocenters. The first-order valence-electron chi connectivity index (χ1n) is 6.48. The molecule has 0 aliphatic heterocycles. The molecule has 1 heterocycles. The third-order valence-corrected chi connectivity index (χ3v) is 3.15. The van der Waals surface area contributed by atoms with Gasteiger partial charge in [-0.2, -0.15) is 0 Å². The Morgan fingerprint density at radius 1 is 1.32 bits per heavy atom. The van der Waals surface area contributed by atoms with Crippen molar-refractivity contribution in [3.8, 4) is 18.0 Å². The van der Waals surface area contributed by atoms with E-state index in [9.17, 15) is 0 Å². The van der Waals surface area contributed by atoms with Crippen LogP contribution in [-0.2, 0) is 0 Å². The molecule has 0 aliphatic carbocycles. The Balaban J connectivity index is 2.04. The number of imidazole rings is 1. The SMILES string of the molecule is C#CCC(C)NC(C)c1ccc(-n2ccnc2)cc1. The maximum absolute atomic E-state index is 5.32. The lowest BCUT2D eigenvalue weighted by Gasteiger charge is -2.19. The minimum Gasteiger partial charge on any atom is -0.307 e. The van der Waals surface area contributed by atoms with E-state index >= 15 is 0 Å². The Morgan fingerprint density at radius 2 is 2.05 bits per heavy atom. The second-order valence-electron chi connectivity index (χ2n) is 4.76. The van der Waals surface area contributed by atoms with E-state index in [4.69, 9.17) is 6.42 Å². The summed E-state index contributed by atoms with van der Waals surface area (Å²) in [4.78, 5) is 4.05. The average Bonchev–Trinajstić information content (AvgIpc) is 2.93. The summed E-state index contributed by atoms with van der Waals surface area (Å²) in [7, 11) is 0. The first-order valence-corrected chi connectivity index (χ1v) is 6.48. The van der Waals surface area contributed by atoms with Gasteiger partial charge < -0.3 is 9.88 Å². The van der Waals surface area contributed by atoms with Gasteiger partial charge in [0.1, 0.15) is 0 Å². The number of terminal acetylenes is 1. The second kappa shape index (κ2) is 6.21. The molecule has 0 aliphatic rings. The van der Waals surface area contributed by atoms with Crippen molar-refractivity contribution in [3.05, 3.63) is 48.5 Å². The molecule has 2 rings (SSSR count). The van der Waals surface area contributed by atoms with Crippen molar-refractivity contribution in [1.29, 1.82) is 0 Å². The maximum Gasteiger partial charge on any atom is 0.0991 e. The lowest BCUT2D eigenvalue weighted by atomic mass is 10.1. The van der Waals surface area contributed by atoms with Crippen molar-refractivity contribution in [2.75, 3.05) is 0 Å². The van der Waals surface area contributed by atoms with E-state index in [1.807, 2.05) is 10.8 Å². The number of benzene rings is 1. The molecule has 19 heavy (non-hydrogen) atoms. The van der Waals surface area contributed by atoms with Crippen molar-refractivity contribution in [2.24, 2.45) is 0 Å². The molecule has 2 atom stereocenters. The summed E-state index contributed by atoms with van der Waals surface area (Å²) in [5.41, 5.74) is 2.37. The lowest BCUT2D eigenvalue weighted by molar-refractivity contribution is 0.486. The molecular formula is C16H19N3. The van der Waals surface area contributed by atoms with E-state index < -0.39 is 0 Å². The highest BCUT2D eigenvalue weighted by Crippen LogP contribution is 2.16. The molecule has 0 bridgehead atoms. The Labute approximate surface area is 114 Å². The Morgan fingerprint density at radius 3 is 2.63 bits per heavy atom. The monoisotopic (exact) mass is 253 g/mol. The van der Waals surface area contributed by atoms with Crippen molar-refractivity contribution < 1.29 is 0 Å². The van der Waals surface area contributed by atoms with Crippen LogP contribution in [0.1, 0.15) is 31.9 Å². The molecule has 0 saturated carbocycles. The standard InChI is InChI=1S/C16H19N3/c1-4-5-13(2)18-14(3)15-6-8-16(9-7-15)19-11-10-17-12-19/h1,6-14,18H,5H2,2-3H3. The topological polar surface area (TPSA) is 29.9 Å². The number of rotatable bonds is 5. The fourth-order valence-electron chi connectivity index (χ4n) is 2.11. The normalized spacial score (nSPS) is 13.7. The van der Waals surface area contributed by atoms with Crippen LogP contribution in [0.15, 0.2) is 43.0 Å². The minimum absolute atomic E-state index is 0.292. The van der Waals surface area contributed by atoms with Gasteiger partial charge in [-0.15, -0.1) is 12.3 Å². The molecule has 1 aromatic heterocycles. The first kappa shape index (κ1) is 13.4. The van der Waals surface area contributed by atoms with Gasteiger partial charge in [0.25, 0.3) is 0 Å². The van der Waals surface area contributed by atoms with E-state index in [0.717, 1.165) is 12.1 Å². The molecule has 0 amide bonds. The van der Waals surface area contributed by atoms with Crippen LogP contribution >= 0.6 is 0 Å². The van der Waals surface area contributed by atoms with Crippen molar-refractivity contribution in [3.63, 3.8) is 0 Å². The lowest BCUT2D eigenvalue weighted by Crippen LogP contribution is -2.28. The van der Waals surface area contributed by atoms with Gasteiger partial charge in [0.15, 0.2) is 0 Å². The van der Waals surface area contributed by atoms with Crippen LogP contribution in [-0.4, -0.2) is 15.6 Å². The number of nitrogens with zero attached hydrogens (tertiary/aromatic N) is 2. The summed E-state index contributed by atoms with van der Waals surface area (Å²) < 4.78 is 1.99. The summed E-state index contributed by atoms with van der Waals surface area (Å²) in [5.74, 6) is 2.68. The second-order valence-corrected chi connectivity index (χ2v) is 4.76. The van der Waals surface area contributed by atoms with Crippen LogP contribution in [0, 0.1) is 12.3 Å². The molecule has 3 nitrogen and oxygen atoms in total. The highest BCUT2D eigenvalue weighted by atomic mass is 15.0. The zero-order chi connectivity index (χ0) is 13.7. The van der Waals surface area contributed by atoms with Crippen LogP contribution in [0.3, 0.4) is 0 Å². The molecule has 0 saturated heterocycles. The zero-order valence-corrected chi connectivity index (χ0v) is 11.4. The molecule has 3 heteroatoms. The van der Waals surface area contributed by atoms with E-state index in [0.29, 0.717) is 12.1 Å². The highest BCUT2D eigenvalue weighted by Gasteiger charge is 2.08. The van der Waals surface area contributed by atoms with Crippen molar-refractivity contribution in [2.45, 2.75) is 32.4 Å². The molecule has 1 N–H and O–H groups in total. The van der Waals surface area contributed by atoms with Crippen LogP contribution < -0.4 is 5.32 Å². The molecule has 2 aromatic rings. The Bertz CT molecular complexity index is 534.